The van der Waals surface area contributed by atoms with Crippen molar-refractivity contribution in [1.82, 2.24) is 4.98 Å². The summed E-state index contributed by atoms with van der Waals surface area (Å²) in [4.78, 5) is 6.40. The minimum absolute atomic E-state index is 0.0479. The van der Waals surface area contributed by atoms with Gasteiger partial charge in [-0.15, -0.1) is 0 Å². The van der Waals surface area contributed by atoms with Crippen LogP contribution in [0.1, 0.15) is 18.4 Å². The van der Waals surface area contributed by atoms with Gasteiger partial charge in [-0.3, -0.25) is 4.98 Å². The maximum atomic E-state index is 9.90. The summed E-state index contributed by atoms with van der Waals surface area (Å²) in [7, 11) is 0. The molecule has 0 spiro atoms. The van der Waals surface area contributed by atoms with Crippen LogP contribution in [0.4, 0.5) is 5.69 Å². The first-order valence-corrected chi connectivity index (χ1v) is 6.26. The monoisotopic (exact) mass is 234 g/mol. The van der Waals surface area contributed by atoms with Gasteiger partial charge in [0, 0.05) is 30.8 Å². The Bertz CT molecular complexity index is 410. The quantitative estimate of drug-likeness (QED) is 0.794. The van der Waals surface area contributed by atoms with Crippen LogP contribution in [0.3, 0.4) is 0 Å². The third-order valence-electron chi connectivity index (χ3n) is 4.22. The number of rotatable bonds is 2. The van der Waals surface area contributed by atoms with Crippen molar-refractivity contribution in [2.24, 2.45) is 11.8 Å². The highest BCUT2D eigenvalue weighted by Gasteiger charge is 2.42. The molecule has 0 radical (unpaired) electrons. The van der Waals surface area contributed by atoms with Gasteiger partial charge in [0.05, 0.1) is 24.6 Å². The van der Waals surface area contributed by atoms with E-state index < -0.39 is 0 Å². The third-order valence-corrected chi connectivity index (χ3v) is 4.22. The van der Waals surface area contributed by atoms with Crippen LogP contribution < -0.4 is 4.90 Å². The second kappa shape index (κ2) is 4.27. The van der Waals surface area contributed by atoms with Gasteiger partial charge in [-0.25, -0.2) is 0 Å². The van der Waals surface area contributed by atoms with Gasteiger partial charge in [0.1, 0.15) is 0 Å². The average Bonchev–Trinajstić information content (AvgIpc) is 2.92. The van der Waals surface area contributed by atoms with Crippen LogP contribution >= 0.6 is 0 Å². The first kappa shape index (κ1) is 11.0. The molecule has 1 saturated carbocycles. The SMILES string of the molecule is OCc1ccncc1N1CC2CCC(O)C2C1. The molecule has 3 rings (SSSR count). The second-order valence-electron chi connectivity index (χ2n) is 5.14. The van der Waals surface area contributed by atoms with Crippen LogP contribution in [0.15, 0.2) is 18.5 Å². The van der Waals surface area contributed by atoms with Crippen LogP contribution in [0.2, 0.25) is 0 Å². The van der Waals surface area contributed by atoms with E-state index >= 15 is 0 Å². The molecule has 0 aromatic carbocycles. The van der Waals surface area contributed by atoms with Gasteiger partial charge in [-0.2, -0.15) is 0 Å². The Labute approximate surface area is 101 Å². The number of hydrogen-bond acceptors (Lipinski definition) is 4. The summed E-state index contributed by atoms with van der Waals surface area (Å²) in [5, 5.41) is 19.2. The molecular formula is C13H18N2O2. The normalized spacial score (nSPS) is 31.9. The third kappa shape index (κ3) is 1.81. The second-order valence-corrected chi connectivity index (χ2v) is 5.14. The maximum absolute atomic E-state index is 9.90. The molecule has 2 heterocycles. The van der Waals surface area contributed by atoms with E-state index in [9.17, 15) is 10.2 Å². The number of nitrogens with zero attached hydrogens (tertiary/aromatic N) is 2. The van der Waals surface area contributed by atoms with Crippen molar-refractivity contribution in [3.05, 3.63) is 24.0 Å². The van der Waals surface area contributed by atoms with Crippen molar-refractivity contribution in [2.45, 2.75) is 25.6 Å². The van der Waals surface area contributed by atoms with Gasteiger partial charge in [0.15, 0.2) is 0 Å². The lowest BCUT2D eigenvalue weighted by atomic mass is 10.00. The average molecular weight is 234 g/mol. The van der Waals surface area contributed by atoms with Gasteiger partial charge in [-0.05, 0) is 24.8 Å². The molecule has 2 fully saturated rings. The smallest absolute Gasteiger partial charge is 0.0703 e. The molecule has 4 nitrogen and oxygen atoms in total. The van der Waals surface area contributed by atoms with Crippen LogP contribution in [-0.2, 0) is 6.61 Å². The summed E-state index contributed by atoms with van der Waals surface area (Å²) in [6.07, 6.45) is 5.46. The molecule has 0 amide bonds. The zero-order valence-electron chi connectivity index (χ0n) is 9.79. The number of anilines is 1. The van der Waals surface area contributed by atoms with Crippen molar-refractivity contribution >= 4 is 5.69 Å². The summed E-state index contributed by atoms with van der Waals surface area (Å²) in [5.41, 5.74) is 1.95. The number of aromatic nitrogens is 1. The van der Waals surface area contributed by atoms with Crippen LogP contribution in [-0.4, -0.2) is 34.4 Å². The fraction of sp³-hybridized carbons (Fsp3) is 0.615. The van der Waals surface area contributed by atoms with Crippen molar-refractivity contribution in [3.8, 4) is 0 Å². The number of hydrogen-bond donors (Lipinski definition) is 2. The highest BCUT2D eigenvalue weighted by molar-refractivity contribution is 5.52. The highest BCUT2D eigenvalue weighted by Crippen LogP contribution is 2.40. The van der Waals surface area contributed by atoms with E-state index in [0.717, 1.165) is 37.2 Å². The molecule has 1 aromatic rings. The lowest BCUT2D eigenvalue weighted by Gasteiger charge is -2.22. The van der Waals surface area contributed by atoms with E-state index in [1.165, 1.54) is 0 Å². The van der Waals surface area contributed by atoms with Crippen molar-refractivity contribution in [3.63, 3.8) is 0 Å². The fourth-order valence-electron chi connectivity index (χ4n) is 3.27. The Hall–Kier alpha value is -1.13. The summed E-state index contributed by atoms with van der Waals surface area (Å²) in [6.45, 7) is 1.93. The predicted octanol–water partition coefficient (Wildman–Crippen LogP) is 0.781. The minimum Gasteiger partial charge on any atom is -0.393 e. The Morgan fingerprint density at radius 2 is 2.24 bits per heavy atom. The summed E-state index contributed by atoms with van der Waals surface area (Å²) in [6, 6.07) is 1.86. The summed E-state index contributed by atoms with van der Waals surface area (Å²) in [5.74, 6) is 1.01. The standard InChI is InChI=1S/C13H18N2O2/c16-8-10-3-4-14-5-12(10)15-6-9-1-2-13(17)11(9)7-15/h3-5,9,11,13,16-17H,1-2,6-8H2. The fourth-order valence-corrected chi connectivity index (χ4v) is 3.27. The Balaban J connectivity index is 1.82. The van der Waals surface area contributed by atoms with Crippen LogP contribution in [0.5, 0.6) is 0 Å². The largest absolute Gasteiger partial charge is 0.393 e. The van der Waals surface area contributed by atoms with E-state index in [-0.39, 0.29) is 12.7 Å². The van der Waals surface area contributed by atoms with E-state index in [2.05, 4.69) is 9.88 Å². The lowest BCUT2D eigenvalue weighted by molar-refractivity contribution is 0.133. The van der Waals surface area contributed by atoms with E-state index in [1.807, 2.05) is 12.3 Å². The predicted molar refractivity (Wildman–Crippen MR) is 64.6 cm³/mol. The van der Waals surface area contributed by atoms with E-state index in [0.29, 0.717) is 11.8 Å². The van der Waals surface area contributed by atoms with Crippen molar-refractivity contribution in [1.29, 1.82) is 0 Å². The van der Waals surface area contributed by atoms with Crippen LogP contribution in [0.25, 0.3) is 0 Å². The minimum atomic E-state index is -0.140. The Morgan fingerprint density at radius 1 is 1.35 bits per heavy atom. The van der Waals surface area contributed by atoms with Crippen molar-refractivity contribution in [2.75, 3.05) is 18.0 Å². The molecule has 92 valence electrons. The van der Waals surface area contributed by atoms with Gasteiger partial charge in [0.2, 0.25) is 0 Å². The number of aliphatic hydroxyl groups is 2. The van der Waals surface area contributed by atoms with Gasteiger partial charge in [0.25, 0.3) is 0 Å². The zero-order chi connectivity index (χ0) is 11.8. The number of fused-ring (bicyclic) bond motifs is 1. The molecule has 1 saturated heterocycles. The van der Waals surface area contributed by atoms with Gasteiger partial charge < -0.3 is 15.1 Å². The Morgan fingerprint density at radius 3 is 3.00 bits per heavy atom. The maximum Gasteiger partial charge on any atom is 0.0703 e. The molecule has 2 N–H and O–H groups in total. The molecule has 1 aliphatic heterocycles. The Kier molecular flexibility index (Phi) is 2.76. The number of pyridine rings is 1. The molecule has 3 atom stereocenters. The first-order chi connectivity index (χ1) is 8.29. The molecule has 17 heavy (non-hydrogen) atoms. The van der Waals surface area contributed by atoms with E-state index in [4.69, 9.17) is 0 Å². The molecule has 4 heteroatoms. The van der Waals surface area contributed by atoms with Gasteiger partial charge in [-0.1, -0.05) is 0 Å². The lowest BCUT2D eigenvalue weighted by Crippen LogP contribution is -2.25. The zero-order valence-corrected chi connectivity index (χ0v) is 9.79. The molecule has 2 aliphatic rings. The summed E-state index contributed by atoms with van der Waals surface area (Å²) < 4.78 is 0. The topological polar surface area (TPSA) is 56.6 Å². The molecule has 3 unspecified atom stereocenters. The summed E-state index contributed by atoms with van der Waals surface area (Å²) >= 11 is 0. The number of aliphatic hydroxyl groups excluding tert-OH is 2. The molecule has 1 aromatic heterocycles. The first-order valence-electron chi connectivity index (χ1n) is 6.26. The molecule has 0 bridgehead atoms. The van der Waals surface area contributed by atoms with E-state index in [1.54, 1.807) is 6.20 Å². The van der Waals surface area contributed by atoms with Gasteiger partial charge >= 0.3 is 0 Å². The molecule has 1 aliphatic carbocycles. The van der Waals surface area contributed by atoms with Crippen LogP contribution in [0, 0.1) is 11.8 Å². The highest BCUT2D eigenvalue weighted by atomic mass is 16.3. The molecular weight excluding hydrogens is 216 g/mol. The van der Waals surface area contributed by atoms with Crippen molar-refractivity contribution < 1.29 is 10.2 Å².